The Morgan fingerprint density at radius 2 is 1.78 bits per heavy atom. The van der Waals surface area contributed by atoms with Crippen LogP contribution in [0.15, 0.2) is 77.3 Å². The molecule has 2 aromatic heterocycles. The molecule has 0 radical (unpaired) electrons. The Kier molecular flexibility index (Phi) is 4.68. The van der Waals surface area contributed by atoms with Gasteiger partial charge in [-0.3, -0.25) is 0 Å². The number of benzene rings is 3. The minimum atomic E-state index is -2.35. The monoisotopic (exact) mass is 536 g/mol. The minimum absolute atomic E-state index is 0.167. The molecule has 3 nitrogen and oxygen atoms in total. The standard InChI is InChI=1S/C32H30GeN2O/c1-21-20-35-29(18-28(21)22-14-16-33(2,3)17-15-22)27-11-7-10-25-26-13-12-24(19-34)30(32(26)36-31(25)27)23-8-5-4-6-9-23/h4-13,18,20,22H,14-17H2,1-3H3/i1D3,22D. The Morgan fingerprint density at radius 1 is 1.00 bits per heavy atom. The number of aryl methyl sites for hydroxylation is 1. The van der Waals surface area contributed by atoms with E-state index in [-0.39, 0.29) is 5.56 Å². The molecule has 1 aliphatic heterocycles. The molecular weight excluding hydrogens is 501 g/mol. The van der Waals surface area contributed by atoms with Crippen LogP contribution in [0.2, 0.25) is 22.0 Å². The number of hydrogen-bond donors (Lipinski definition) is 0. The number of rotatable bonds is 3. The van der Waals surface area contributed by atoms with Crippen molar-refractivity contribution in [3.05, 3.63) is 89.6 Å². The molecule has 4 heteroatoms. The summed E-state index contributed by atoms with van der Waals surface area (Å²) in [6.07, 6.45) is 2.80. The molecule has 178 valence electrons. The molecule has 0 spiro atoms. The fourth-order valence-electron chi connectivity index (χ4n) is 5.44. The fourth-order valence-corrected chi connectivity index (χ4v) is 10.1. The van der Waals surface area contributed by atoms with Gasteiger partial charge in [0.25, 0.3) is 0 Å². The summed E-state index contributed by atoms with van der Waals surface area (Å²) in [6, 6.07) is 23.5. The van der Waals surface area contributed by atoms with E-state index in [1.807, 2.05) is 66.7 Å². The summed E-state index contributed by atoms with van der Waals surface area (Å²) < 4.78 is 40.6. The van der Waals surface area contributed by atoms with Crippen LogP contribution in [-0.4, -0.2) is 18.3 Å². The van der Waals surface area contributed by atoms with E-state index in [0.717, 1.165) is 38.0 Å². The molecule has 5 aromatic rings. The van der Waals surface area contributed by atoms with Crippen LogP contribution in [0.4, 0.5) is 0 Å². The van der Waals surface area contributed by atoms with Gasteiger partial charge in [-0.2, -0.15) is 5.26 Å². The Hall–Kier alpha value is -3.36. The summed E-state index contributed by atoms with van der Waals surface area (Å²) in [5.41, 5.74) is 5.48. The van der Waals surface area contributed by atoms with Gasteiger partial charge in [0.15, 0.2) is 0 Å². The third kappa shape index (κ3) is 3.94. The summed E-state index contributed by atoms with van der Waals surface area (Å²) in [5.74, 6) is 3.84. The van der Waals surface area contributed by atoms with E-state index >= 15 is 0 Å². The maximum absolute atomic E-state index is 9.89. The zero-order valence-electron chi connectivity index (χ0n) is 24.6. The molecule has 1 saturated heterocycles. The van der Waals surface area contributed by atoms with Crippen LogP contribution in [0.25, 0.3) is 44.3 Å². The van der Waals surface area contributed by atoms with E-state index in [2.05, 4.69) is 22.6 Å². The average molecular weight is 535 g/mol. The van der Waals surface area contributed by atoms with Crippen molar-refractivity contribution in [2.45, 2.75) is 47.6 Å². The normalized spacial score (nSPS) is 18.7. The number of fused-ring (bicyclic) bond motifs is 3. The van der Waals surface area contributed by atoms with Gasteiger partial charge < -0.3 is 0 Å². The second-order valence-corrected chi connectivity index (χ2v) is 21.7. The fraction of sp³-hybridized carbons (Fsp3) is 0.250. The van der Waals surface area contributed by atoms with Crippen LogP contribution in [0.3, 0.4) is 0 Å². The predicted molar refractivity (Wildman–Crippen MR) is 151 cm³/mol. The number of nitriles is 1. The van der Waals surface area contributed by atoms with E-state index in [1.54, 1.807) is 0 Å². The van der Waals surface area contributed by atoms with Crippen LogP contribution in [0.1, 0.15) is 40.9 Å². The molecule has 1 fully saturated rings. The van der Waals surface area contributed by atoms with Crippen LogP contribution in [0.5, 0.6) is 0 Å². The molecule has 3 heterocycles. The first-order chi connectivity index (χ1) is 19.0. The number of aromatic nitrogens is 1. The van der Waals surface area contributed by atoms with Gasteiger partial charge in [0.2, 0.25) is 0 Å². The zero-order valence-corrected chi connectivity index (χ0v) is 22.7. The van der Waals surface area contributed by atoms with Crippen molar-refractivity contribution in [3.8, 4) is 28.5 Å². The first-order valence-corrected chi connectivity index (χ1v) is 19.6. The third-order valence-corrected chi connectivity index (χ3v) is 14.3. The number of pyridine rings is 1. The van der Waals surface area contributed by atoms with Crippen molar-refractivity contribution in [3.63, 3.8) is 0 Å². The number of hydrogen-bond acceptors (Lipinski definition) is 3. The average Bonchev–Trinajstić information content (AvgIpc) is 3.33. The van der Waals surface area contributed by atoms with Gasteiger partial charge >= 0.3 is 179 Å². The second-order valence-electron chi connectivity index (χ2n) is 10.5. The molecule has 0 saturated carbocycles. The molecule has 0 N–H and O–H groups in total. The summed E-state index contributed by atoms with van der Waals surface area (Å²) in [4.78, 5) is 4.62. The van der Waals surface area contributed by atoms with Gasteiger partial charge in [-0.25, -0.2) is 0 Å². The molecule has 1 aliphatic rings. The number of nitrogens with zero attached hydrogens (tertiary/aromatic N) is 2. The van der Waals surface area contributed by atoms with E-state index in [0.29, 0.717) is 40.8 Å². The first-order valence-electron chi connectivity index (χ1n) is 14.5. The SMILES string of the molecule is [2H]C([2H])([2H])c1cnc(-c2cccc3c2oc2c(-c4ccccc4)c(C#N)ccc23)cc1C1([2H])C[CH2][Ge]([CH3])([CH3])[CH2]C1. The Morgan fingerprint density at radius 3 is 2.53 bits per heavy atom. The van der Waals surface area contributed by atoms with Crippen LogP contribution < -0.4 is 0 Å². The van der Waals surface area contributed by atoms with Crippen LogP contribution >= 0.6 is 0 Å². The van der Waals surface area contributed by atoms with Crippen LogP contribution in [0, 0.1) is 18.2 Å². The van der Waals surface area contributed by atoms with Gasteiger partial charge in [-0.1, -0.05) is 30.3 Å². The quantitative estimate of drug-likeness (QED) is 0.217. The van der Waals surface area contributed by atoms with Crippen molar-refractivity contribution in [1.82, 2.24) is 4.98 Å². The number of para-hydroxylation sites is 1. The van der Waals surface area contributed by atoms with Gasteiger partial charge in [-0.15, -0.1) is 0 Å². The van der Waals surface area contributed by atoms with Crippen molar-refractivity contribution in [1.29, 1.82) is 5.26 Å². The summed E-state index contributed by atoms with van der Waals surface area (Å²) in [5, 5.41) is 13.8. The molecule has 6 rings (SSSR count). The molecule has 0 aliphatic carbocycles. The first kappa shape index (κ1) is 18.8. The summed E-state index contributed by atoms with van der Waals surface area (Å²) in [6.45, 7) is -2.35. The van der Waals surface area contributed by atoms with Crippen molar-refractivity contribution < 1.29 is 9.90 Å². The van der Waals surface area contributed by atoms with Gasteiger partial charge in [0.05, 0.1) is 6.07 Å². The van der Waals surface area contributed by atoms with E-state index in [1.165, 1.54) is 6.20 Å². The van der Waals surface area contributed by atoms with Crippen molar-refractivity contribution >= 4 is 35.2 Å². The van der Waals surface area contributed by atoms with Crippen molar-refractivity contribution in [2.24, 2.45) is 0 Å². The molecule has 0 atom stereocenters. The topological polar surface area (TPSA) is 49.8 Å². The van der Waals surface area contributed by atoms with Crippen molar-refractivity contribution in [2.75, 3.05) is 0 Å². The van der Waals surface area contributed by atoms with Gasteiger partial charge in [-0.05, 0) is 0 Å². The Balaban J connectivity index is 1.57. The molecule has 0 unspecified atom stereocenters. The van der Waals surface area contributed by atoms with E-state index in [4.69, 9.17) is 8.53 Å². The van der Waals surface area contributed by atoms with Gasteiger partial charge in [0, 0.05) is 0 Å². The van der Waals surface area contributed by atoms with Gasteiger partial charge in [0.1, 0.15) is 0 Å². The molecule has 36 heavy (non-hydrogen) atoms. The Bertz CT molecular complexity index is 1790. The summed E-state index contributed by atoms with van der Waals surface area (Å²) >= 11 is -1.89. The molecule has 3 aromatic carbocycles. The molecular formula is C32H30GeN2O. The Labute approximate surface area is 220 Å². The molecule has 0 amide bonds. The van der Waals surface area contributed by atoms with Crippen LogP contribution in [-0.2, 0) is 0 Å². The molecule has 0 bridgehead atoms. The second kappa shape index (κ2) is 8.94. The van der Waals surface area contributed by atoms with E-state index < -0.39 is 26.0 Å². The maximum atomic E-state index is 9.89. The number of furan rings is 1. The zero-order chi connectivity index (χ0) is 28.3. The predicted octanol–water partition coefficient (Wildman–Crippen LogP) is 9.08. The summed E-state index contributed by atoms with van der Waals surface area (Å²) in [7, 11) is 0. The van der Waals surface area contributed by atoms with E-state index in [9.17, 15) is 6.63 Å². The third-order valence-electron chi connectivity index (χ3n) is 7.62.